The number of carbonyl (C=O) groups excluding carboxylic acids is 1. The van der Waals surface area contributed by atoms with Crippen LogP contribution in [-0.2, 0) is 18.4 Å². The smallest absolute Gasteiger partial charge is 0.309 e. The van der Waals surface area contributed by atoms with Crippen molar-refractivity contribution in [2.45, 2.75) is 30.8 Å². The van der Waals surface area contributed by atoms with Crippen molar-refractivity contribution >= 4 is 28.7 Å². The molecule has 0 saturated heterocycles. The number of hydrogen-bond donors (Lipinski definition) is 1. The number of aryl methyl sites for hydroxylation is 1. The summed E-state index contributed by atoms with van der Waals surface area (Å²) >= 11 is 1.25. The van der Waals surface area contributed by atoms with Crippen molar-refractivity contribution < 1.29 is 4.79 Å². The number of H-pyrrole nitrogens is 1. The number of nitrogens with one attached hydrogen (secondary N) is 1. The fraction of sp³-hybridized carbons (Fsp3) is 0.385. The number of imidazole rings is 1. The normalized spacial score (nSPS) is 12.5. The molecule has 21 heavy (non-hydrogen) atoms. The van der Waals surface area contributed by atoms with Crippen LogP contribution in [0.3, 0.4) is 0 Å². The monoisotopic (exact) mass is 308 g/mol. The van der Waals surface area contributed by atoms with Gasteiger partial charge in [-0.2, -0.15) is 0 Å². The van der Waals surface area contributed by atoms with Crippen LogP contribution in [0.5, 0.6) is 0 Å². The third-order valence-electron chi connectivity index (χ3n) is 3.14. The zero-order valence-electron chi connectivity index (χ0n) is 12.0. The average Bonchev–Trinajstić information content (AvgIpc) is 2.76. The predicted octanol–water partition coefficient (Wildman–Crippen LogP) is 0.679. The van der Waals surface area contributed by atoms with E-state index >= 15 is 0 Å². The summed E-state index contributed by atoms with van der Waals surface area (Å²) in [6.45, 7) is 7.30. The van der Waals surface area contributed by atoms with Crippen molar-refractivity contribution in [2.24, 2.45) is 7.05 Å². The maximum Gasteiger partial charge on any atom is 0.329 e. The number of hydrogen-bond acceptors (Lipinski definition) is 5. The number of fused-ring (bicyclic) bond motifs is 1. The summed E-state index contributed by atoms with van der Waals surface area (Å²) < 4.78 is 2.93. The van der Waals surface area contributed by atoms with E-state index in [1.165, 1.54) is 30.3 Å². The molecule has 0 aliphatic carbocycles. The number of allylic oxidation sites excluding steroid dienone is 1. The van der Waals surface area contributed by atoms with Gasteiger partial charge in [-0.25, -0.2) is 9.78 Å². The first-order valence-electron chi connectivity index (χ1n) is 6.34. The molecule has 8 heteroatoms. The van der Waals surface area contributed by atoms with Crippen molar-refractivity contribution in [1.29, 1.82) is 0 Å². The van der Waals surface area contributed by atoms with E-state index in [1.807, 2.05) is 0 Å². The van der Waals surface area contributed by atoms with Crippen molar-refractivity contribution in [3.05, 3.63) is 33.5 Å². The van der Waals surface area contributed by atoms with Gasteiger partial charge in [0.1, 0.15) is 5.78 Å². The molecule has 0 aliphatic heterocycles. The van der Waals surface area contributed by atoms with E-state index in [2.05, 4.69) is 16.5 Å². The lowest BCUT2D eigenvalue weighted by atomic mass is 10.3. The maximum absolute atomic E-state index is 12.0. The molecule has 0 amide bonds. The lowest BCUT2D eigenvalue weighted by Crippen LogP contribution is -2.29. The molecular weight excluding hydrogens is 292 g/mol. The number of ketones is 1. The van der Waals surface area contributed by atoms with Gasteiger partial charge < -0.3 is 4.57 Å². The summed E-state index contributed by atoms with van der Waals surface area (Å²) in [7, 11) is 1.54. The summed E-state index contributed by atoms with van der Waals surface area (Å²) in [4.78, 5) is 41.7. The third-order valence-corrected chi connectivity index (χ3v) is 4.35. The second-order valence-corrected chi connectivity index (χ2v) is 5.96. The van der Waals surface area contributed by atoms with Crippen molar-refractivity contribution in [1.82, 2.24) is 19.1 Å². The van der Waals surface area contributed by atoms with Crippen molar-refractivity contribution in [3.8, 4) is 0 Å². The highest BCUT2D eigenvalue weighted by molar-refractivity contribution is 8.00. The molecule has 7 nitrogen and oxygen atoms in total. The topological polar surface area (TPSA) is 89.8 Å². The summed E-state index contributed by atoms with van der Waals surface area (Å²) in [5.41, 5.74) is -0.421. The molecule has 0 saturated carbocycles. The zero-order chi connectivity index (χ0) is 15.7. The van der Waals surface area contributed by atoms with Gasteiger partial charge >= 0.3 is 5.69 Å². The fourth-order valence-electron chi connectivity index (χ4n) is 1.84. The van der Waals surface area contributed by atoms with Crippen LogP contribution < -0.4 is 11.2 Å². The largest absolute Gasteiger partial charge is 0.329 e. The van der Waals surface area contributed by atoms with E-state index in [9.17, 15) is 14.4 Å². The number of carbonyl (C=O) groups is 1. The minimum atomic E-state index is -0.521. The Kier molecular flexibility index (Phi) is 4.17. The SMILES string of the molecule is C=CCn1c(S[C@H](C)C(C)=O)nc2c1c(=O)[nH]c(=O)n2C. The summed E-state index contributed by atoms with van der Waals surface area (Å²) in [5, 5.41) is 0.223. The second-order valence-electron chi connectivity index (χ2n) is 4.65. The predicted molar refractivity (Wildman–Crippen MR) is 81.8 cm³/mol. The Bertz CT molecular complexity index is 830. The first kappa shape index (κ1) is 15.3. The Morgan fingerprint density at radius 2 is 2.19 bits per heavy atom. The standard InChI is InChI=1S/C13H16N4O3S/c1-5-6-17-9-10(16(4)12(20)15-11(9)19)14-13(17)21-8(3)7(2)18/h5,8H,1,6H2,2-4H3,(H,15,19,20)/t8-/m1/s1. The van der Waals surface area contributed by atoms with E-state index in [-0.39, 0.29) is 11.0 Å². The van der Waals surface area contributed by atoms with Gasteiger partial charge in [-0.3, -0.25) is 19.1 Å². The van der Waals surface area contributed by atoms with Crippen LogP contribution in [-0.4, -0.2) is 30.1 Å². The van der Waals surface area contributed by atoms with Crippen LogP contribution >= 0.6 is 11.8 Å². The van der Waals surface area contributed by atoms with Gasteiger partial charge in [0.25, 0.3) is 5.56 Å². The number of thioether (sulfide) groups is 1. The number of aromatic nitrogens is 4. The molecule has 0 aliphatic rings. The van der Waals surface area contributed by atoms with E-state index in [1.54, 1.807) is 17.6 Å². The third kappa shape index (κ3) is 2.71. The summed E-state index contributed by atoms with van der Waals surface area (Å²) in [5.74, 6) is 0.0139. The molecule has 112 valence electrons. The quantitative estimate of drug-likeness (QED) is 0.648. The van der Waals surface area contributed by atoms with Crippen LogP contribution in [0.25, 0.3) is 11.2 Å². The van der Waals surface area contributed by atoms with Gasteiger partial charge in [0.2, 0.25) is 0 Å². The molecule has 0 spiro atoms. The molecule has 2 heterocycles. The van der Waals surface area contributed by atoms with E-state index in [4.69, 9.17) is 0 Å². The lowest BCUT2D eigenvalue weighted by Gasteiger charge is -2.08. The Morgan fingerprint density at radius 1 is 1.52 bits per heavy atom. The van der Waals surface area contributed by atoms with E-state index in [0.29, 0.717) is 22.9 Å². The molecule has 2 aromatic heterocycles. The van der Waals surface area contributed by atoms with Crippen molar-refractivity contribution in [3.63, 3.8) is 0 Å². The Morgan fingerprint density at radius 3 is 2.76 bits per heavy atom. The van der Waals surface area contributed by atoms with E-state index in [0.717, 1.165) is 0 Å². The molecule has 0 fully saturated rings. The average molecular weight is 308 g/mol. The van der Waals surface area contributed by atoms with E-state index < -0.39 is 11.2 Å². The molecular formula is C13H16N4O3S. The summed E-state index contributed by atoms with van der Waals surface area (Å²) in [6.07, 6.45) is 1.63. The van der Waals surface area contributed by atoms with Crippen LogP contribution in [0, 0.1) is 0 Å². The van der Waals surface area contributed by atoms with Gasteiger partial charge in [-0.15, -0.1) is 6.58 Å². The molecule has 2 rings (SSSR count). The first-order chi connectivity index (χ1) is 9.86. The molecule has 0 aromatic carbocycles. The molecule has 0 unspecified atom stereocenters. The maximum atomic E-state index is 12.0. The molecule has 1 N–H and O–H groups in total. The van der Waals surface area contributed by atoms with Gasteiger partial charge in [0, 0.05) is 13.6 Å². The van der Waals surface area contributed by atoms with Gasteiger partial charge in [0.05, 0.1) is 5.25 Å². The zero-order valence-corrected chi connectivity index (χ0v) is 12.9. The van der Waals surface area contributed by atoms with Gasteiger partial charge in [0.15, 0.2) is 16.3 Å². The van der Waals surface area contributed by atoms with Crippen molar-refractivity contribution in [2.75, 3.05) is 0 Å². The highest BCUT2D eigenvalue weighted by Gasteiger charge is 2.20. The number of aromatic amines is 1. The lowest BCUT2D eigenvalue weighted by molar-refractivity contribution is -0.116. The molecule has 0 radical (unpaired) electrons. The highest BCUT2D eigenvalue weighted by atomic mass is 32.2. The van der Waals surface area contributed by atoms with Crippen LogP contribution in [0.1, 0.15) is 13.8 Å². The Hall–Kier alpha value is -2.09. The van der Waals surface area contributed by atoms with Crippen LogP contribution in [0.2, 0.25) is 0 Å². The summed E-state index contributed by atoms with van der Waals surface area (Å²) in [6, 6.07) is 0. The van der Waals surface area contributed by atoms with Crippen LogP contribution in [0.15, 0.2) is 27.4 Å². The second kappa shape index (κ2) is 5.72. The van der Waals surface area contributed by atoms with Crippen LogP contribution in [0.4, 0.5) is 0 Å². The highest BCUT2D eigenvalue weighted by Crippen LogP contribution is 2.25. The molecule has 0 bridgehead atoms. The molecule has 2 aromatic rings. The van der Waals surface area contributed by atoms with Gasteiger partial charge in [-0.05, 0) is 13.8 Å². The van der Waals surface area contributed by atoms with Gasteiger partial charge in [-0.1, -0.05) is 17.8 Å². The fourth-order valence-corrected chi connectivity index (χ4v) is 2.76. The number of rotatable bonds is 5. The minimum absolute atomic E-state index is 0.0139. The molecule has 1 atom stereocenters. The Labute approximate surface area is 124 Å². The number of Topliss-reactive ketones (excluding diaryl/α,β-unsaturated/α-hetero) is 1. The number of nitrogens with zero attached hydrogens (tertiary/aromatic N) is 3. The minimum Gasteiger partial charge on any atom is -0.309 e. The first-order valence-corrected chi connectivity index (χ1v) is 7.22. The Balaban J connectivity index is 2.74.